The Morgan fingerprint density at radius 2 is 1.89 bits per heavy atom. The van der Waals surface area contributed by atoms with Crippen LogP contribution in [0.25, 0.3) is 0 Å². The highest BCUT2D eigenvalue weighted by Crippen LogP contribution is 2.32. The van der Waals surface area contributed by atoms with Gasteiger partial charge in [0.05, 0.1) is 11.7 Å². The summed E-state index contributed by atoms with van der Waals surface area (Å²) in [5.74, 6) is 0. The lowest BCUT2D eigenvalue weighted by molar-refractivity contribution is -0.137. The molecule has 0 aliphatic carbocycles. The number of halogens is 3. The normalized spacial score (nSPS) is 15.3. The van der Waals surface area contributed by atoms with Crippen LogP contribution < -0.4 is 5.73 Å². The standard InChI is InChI=1S/C14H20F3NO/c1-9-8-11(14(15,16)17)5-6-12(9)13(18)7-4-10(2)19-3/h5-6,8,10,13H,4,7,18H2,1-3H3. The Bertz CT molecular complexity index is 418. The van der Waals surface area contributed by atoms with Crippen LogP contribution in [-0.4, -0.2) is 13.2 Å². The van der Waals surface area contributed by atoms with Crippen LogP contribution in [0.1, 0.15) is 42.5 Å². The number of alkyl halides is 3. The number of hydrogen-bond acceptors (Lipinski definition) is 2. The second kappa shape index (κ2) is 6.39. The largest absolute Gasteiger partial charge is 0.416 e. The molecule has 0 fully saturated rings. The van der Waals surface area contributed by atoms with Gasteiger partial charge < -0.3 is 10.5 Å². The summed E-state index contributed by atoms with van der Waals surface area (Å²) in [5.41, 5.74) is 6.72. The van der Waals surface area contributed by atoms with Crippen LogP contribution in [0.15, 0.2) is 18.2 Å². The first kappa shape index (κ1) is 16.0. The molecule has 108 valence electrons. The smallest absolute Gasteiger partial charge is 0.382 e. The summed E-state index contributed by atoms with van der Waals surface area (Å²) in [6, 6.07) is 3.44. The Hall–Kier alpha value is -1.07. The van der Waals surface area contributed by atoms with E-state index in [4.69, 9.17) is 10.5 Å². The molecule has 2 unspecified atom stereocenters. The Morgan fingerprint density at radius 3 is 2.37 bits per heavy atom. The van der Waals surface area contributed by atoms with Crippen LogP contribution >= 0.6 is 0 Å². The van der Waals surface area contributed by atoms with Crippen molar-refractivity contribution in [3.8, 4) is 0 Å². The van der Waals surface area contributed by atoms with Gasteiger partial charge in [0, 0.05) is 13.2 Å². The Labute approximate surface area is 111 Å². The highest BCUT2D eigenvalue weighted by molar-refractivity contribution is 5.34. The summed E-state index contributed by atoms with van der Waals surface area (Å²) in [4.78, 5) is 0. The maximum absolute atomic E-state index is 12.6. The van der Waals surface area contributed by atoms with Crippen molar-refractivity contribution in [2.45, 2.75) is 45.0 Å². The van der Waals surface area contributed by atoms with E-state index in [9.17, 15) is 13.2 Å². The second-order valence-corrected chi connectivity index (χ2v) is 4.80. The summed E-state index contributed by atoms with van der Waals surface area (Å²) in [6.07, 6.45) is -2.75. The molecular formula is C14H20F3NO. The Morgan fingerprint density at radius 1 is 1.26 bits per heavy atom. The minimum absolute atomic E-state index is 0.0980. The molecule has 0 bridgehead atoms. The summed E-state index contributed by atoms with van der Waals surface area (Å²) in [7, 11) is 1.62. The topological polar surface area (TPSA) is 35.2 Å². The number of methoxy groups -OCH3 is 1. The van der Waals surface area contributed by atoms with Crippen molar-refractivity contribution in [2.75, 3.05) is 7.11 Å². The fraction of sp³-hybridized carbons (Fsp3) is 0.571. The maximum Gasteiger partial charge on any atom is 0.416 e. The number of ether oxygens (including phenoxy) is 1. The number of rotatable bonds is 5. The van der Waals surface area contributed by atoms with Gasteiger partial charge in [0.1, 0.15) is 0 Å². The molecule has 0 heterocycles. The van der Waals surface area contributed by atoms with Gasteiger partial charge in [-0.15, -0.1) is 0 Å². The van der Waals surface area contributed by atoms with Gasteiger partial charge in [0.25, 0.3) is 0 Å². The fourth-order valence-electron chi connectivity index (χ4n) is 1.96. The van der Waals surface area contributed by atoms with E-state index in [0.29, 0.717) is 12.0 Å². The molecule has 19 heavy (non-hydrogen) atoms. The first-order chi connectivity index (χ1) is 8.75. The van der Waals surface area contributed by atoms with Crippen molar-refractivity contribution in [1.82, 2.24) is 0 Å². The van der Waals surface area contributed by atoms with Crippen molar-refractivity contribution in [2.24, 2.45) is 5.73 Å². The Kier molecular flexibility index (Phi) is 5.38. The molecule has 5 heteroatoms. The van der Waals surface area contributed by atoms with Gasteiger partial charge >= 0.3 is 6.18 Å². The third kappa shape index (κ3) is 4.51. The van der Waals surface area contributed by atoms with Crippen LogP contribution in [0.2, 0.25) is 0 Å². The van der Waals surface area contributed by atoms with E-state index >= 15 is 0 Å². The van der Waals surface area contributed by atoms with Gasteiger partial charge in [-0.05, 0) is 49.9 Å². The van der Waals surface area contributed by atoms with E-state index in [1.54, 1.807) is 14.0 Å². The molecule has 0 aliphatic rings. The summed E-state index contributed by atoms with van der Waals surface area (Å²) >= 11 is 0. The van der Waals surface area contributed by atoms with E-state index in [0.717, 1.165) is 24.1 Å². The number of aryl methyl sites for hydroxylation is 1. The molecule has 1 aromatic rings. The van der Waals surface area contributed by atoms with Crippen molar-refractivity contribution in [1.29, 1.82) is 0 Å². The Balaban J connectivity index is 2.79. The highest BCUT2D eigenvalue weighted by atomic mass is 19.4. The van der Waals surface area contributed by atoms with Crippen LogP contribution in [0, 0.1) is 6.92 Å². The van der Waals surface area contributed by atoms with E-state index in [2.05, 4.69) is 0 Å². The van der Waals surface area contributed by atoms with Gasteiger partial charge in [-0.1, -0.05) is 6.07 Å². The van der Waals surface area contributed by atoms with Gasteiger partial charge in [-0.25, -0.2) is 0 Å². The predicted molar refractivity (Wildman–Crippen MR) is 68.8 cm³/mol. The third-order valence-corrected chi connectivity index (χ3v) is 3.28. The molecule has 0 saturated carbocycles. The first-order valence-corrected chi connectivity index (χ1v) is 6.21. The third-order valence-electron chi connectivity index (χ3n) is 3.28. The zero-order valence-electron chi connectivity index (χ0n) is 11.4. The molecule has 0 aliphatic heterocycles. The maximum atomic E-state index is 12.6. The SMILES string of the molecule is COC(C)CCC(N)c1ccc(C(F)(F)F)cc1C. The van der Waals surface area contributed by atoms with Crippen molar-refractivity contribution in [3.05, 3.63) is 34.9 Å². The van der Waals surface area contributed by atoms with Crippen LogP contribution in [-0.2, 0) is 10.9 Å². The first-order valence-electron chi connectivity index (χ1n) is 6.21. The molecule has 0 radical (unpaired) electrons. The number of nitrogens with two attached hydrogens (primary N) is 1. The van der Waals surface area contributed by atoms with Crippen molar-refractivity contribution < 1.29 is 17.9 Å². The highest BCUT2D eigenvalue weighted by Gasteiger charge is 2.30. The van der Waals surface area contributed by atoms with Crippen molar-refractivity contribution in [3.63, 3.8) is 0 Å². The van der Waals surface area contributed by atoms with Gasteiger partial charge in [-0.2, -0.15) is 13.2 Å². The predicted octanol–water partition coefficient (Wildman–Crippen LogP) is 3.83. The van der Waals surface area contributed by atoms with Gasteiger partial charge in [0.2, 0.25) is 0 Å². The lowest BCUT2D eigenvalue weighted by atomic mass is 9.95. The minimum atomic E-state index is -4.31. The molecule has 2 N–H and O–H groups in total. The quantitative estimate of drug-likeness (QED) is 0.886. The molecular weight excluding hydrogens is 255 g/mol. The number of hydrogen-bond donors (Lipinski definition) is 1. The average molecular weight is 275 g/mol. The van der Waals surface area contributed by atoms with Gasteiger partial charge in [-0.3, -0.25) is 0 Å². The monoisotopic (exact) mass is 275 g/mol. The van der Waals surface area contributed by atoms with E-state index in [1.807, 2.05) is 6.92 Å². The molecule has 2 nitrogen and oxygen atoms in total. The average Bonchev–Trinajstić information content (AvgIpc) is 2.34. The minimum Gasteiger partial charge on any atom is -0.382 e. The summed E-state index contributed by atoms with van der Waals surface area (Å²) in [6.45, 7) is 3.59. The lowest BCUT2D eigenvalue weighted by Gasteiger charge is -2.18. The zero-order valence-corrected chi connectivity index (χ0v) is 11.4. The molecule has 2 atom stereocenters. The number of benzene rings is 1. The summed E-state index contributed by atoms with van der Waals surface area (Å²) < 4.78 is 42.8. The second-order valence-electron chi connectivity index (χ2n) is 4.80. The molecule has 0 amide bonds. The molecule has 1 rings (SSSR count). The van der Waals surface area contributed by atoms with E-state index in [1.165, 1.54) is 6.07 Å². The van der Waals surface area contributed by atoms with E-state index < -0.39 is 11.7 Å². The van der Waals surface area contributed by atoms with Gasteiger partial charge in [0.15, 0.2) is 0 Å². The summed E-state index contributed by atoms with van der Waals surface area (Å²) in [5, 5.41) is 0. The molecule has 0 spiro atoms. The fourth-order valence-corrected chi connectivity index (χ4v) is 1.96. The van der Waals surface area contributed by atoms with Crippen LogP contribution in [0.5, 0.6) is 0 Å². The molecule has 0 aromatic heterocycles. The molecule has 1 aromatic carbocycles. The van der Waals surface area contributed by atoms with Crippen LogP contribution in [0.4, 0.5) is 13.2 Å². The molecule has 0 saturated heterocycles. The van der Waals surface area contributed by atoms with E-state index in [-0.39, 0.29) is 12.1 Å². The zero-order chi connectivity index (χ0) is 14.6. The lowest BCUT2D eigenvalue weighted by Crippen LogP contribution is -2.16. The van der Waals surface area contributed by atoms with Crippen LogP contribution in [0.3, 0.4) is 0 Å². The van der Waals surface area contributed by atoms with Crippen molar-refractivity contribution >= 4 is 0 Å².